The van der Waals surface area contributed by atoms with E-state index in [2.05, 4.69) is 25.6 Å². The number of methoxy groups -OCH3 is 1. The van der Waals surface area contributed by atoms with Gasteiger partial charge in [0.25, 0.3) is 0 Å². The number of aromatic nitrogens is 2. The lowest BCUT2D eigenvalue weighted by molar-refractivity contribution is 0.414. The first-order valence-electron chi connectivity index (χ1n) is 7.80. The van der Waals surface area contributed by atoms with Crippen LogP contribution in [0.15, 0.2) is 70.3 Å². The van der Waals surface area contributed by atoms with Gasteiger partial charge in [-0.2, -0.15) is 4.72 Å². The van der Waals surface area contributed by atoms with E-state index < -0.39 is 16.1 Å². The topological polar surface area (TPSA) is 73.2 Å². The fourth-order valence-electron chi connectivity index (χ4n) is 2.56. The molecule has 0 aliphatic rings. The van der Waals surface area contributed by atoms with Crippen LogP contribution in [0.5, 0.6) is 5.75 Å². The summed E-state index contributed by atoms with van der Waals surface area (Å²) < 4.78 is 36.3. The van der Waals surface area contributed by atoms with Crippen LogP contribution in [0.25, 0.3) is 0 Å². The monoisotopic (exact) mass is 435 g/mol. The van der Waals surface area contributed by atoms with Crippen molar-refractivity contribution in [2.45, 2.75) is 10.9 Å². The predicted octanol–water partition coefficient (Wildman–Crippen LogP) is 3.26. The van der Waals surface area contributed by atoms with Gasteiger partial charge in [-0.25, -0.2) is 13.4 Å². The smallest absolute Gasteiger partial charge is 0.241 e. The number of halogens is 1. The fourth-order valence-corrected chi connectivity index (χ4v) is 4.01. The zero-order valence-electron chi connectivity index (χ0n) is 14.3. The van der Waals surface area contributed by atoms with E-state index in [0.29, 0.717) is 11.6 Å². The lowest BCUT2D eigenvalue weighted by atomic mass is 10.1. The van der Waals surface area contributed by atoms with Crippen LogP contribution >= 0.6 is 15.9 Å². The largest absolute Gasteiger partial charge is 0.497 e. The first-order chi connectivity index (χ1) is 12.4. The number of rotatable bonds is 6. The Bertz CT molecular complexity index is 983. The van der Waals surface area contributed by atoms with Gasteiger partial charge in [0.15, 0.2) is 0 Å². The third-order valence-corrected chi connectivity index (χ3v) is 5.93. The summed E-state index contributed by atoms with van der Waals surface area (Å²) in [5.74, 6) is 1.29. The Balaban J connectivity index is 2.00. The second-order valence-electron chi connectivity index (χ2n) is 5.68. The highest BCUT2D eigenvalue weighted by Gasteiger charge is 2.25. The maximum absolute atomic E-state index is 12.9. The Kier molecular flexibility index (Phi) is 5.45. The van der Waals surface area contributed by atoms with Gasteiger partial charge in [0.2, 0.25) is 10.0 Å². The van der Waals surface area contributed by atoms with Crippen LogP contribution in [0, 0.1) is 0 Å². The number of aryl methyl sites for hydroxylation is 1. The Labute approximate surface area is 161 Å². The number of hydrogen-bond acceptors (Lipinski definition) is 4. The molecule has 0 aliphatic heterocycles. The van der Waals surface area contributed by atoms with Crippen LogP contribution in [0.3, 0.4) is 0 Å². The molecule has 136 valence electrons. The van der Waals surface area contributed by atoms with Gasteiger partial charge < -0.3 is 9.30 Å². The van der Waals surface area contributed by atoms with Crippen molar-refractivity contribution in [3.63, 3.8) is 0 Å². The van der Waals surface area contributed by atoms with Crippen LogP contribution in [-0.4, -0.2) is 25.1 Å². The molecule has 0 spiro atoms. The highest BCUT2D eigenvalue weighted by molar-refractivity contribution is 9.10. The zero-order chi connectivity index (χ0) is 18.7. The molecule has 0 saturated carbocycles. The van der Waals surface area contributed by atoms with Crippen LogP contribution < -0.4 is 9.46 Å². The average molecular weight is 436 g/mol. The maximum Gasteiger partial charge on any atom is 0.241 e. The van der Waals surface area contributed by atoms with E-state index in [9.17, 15) is 8.42 Å². The minimum Gasteiger partial charge on any atom is -0.497 e. The van der Waals surface area contributed by atoms with Crippen molar-refractivity contribution in [3.05, 3.63) is 76.8 Å². The Hall–Kier alpha value is -2.16. The van der Waals surface area contributed by atoms with Gasteiger partial charge in [-0.1, -0.05) is 28.1 Å². The van der Waals surface area contributed by atoms with E-state index >= 15 is 0 Å². The number of ether oxygens (including phenoxy) is 1. The van der Waals surface area contributed by atoms with Gasteiger partial charge in [-0.15, -0.1) is 0 Å². The van der Waals surface area contributed by atoms with Crippen molar-refractivity contribution < 1.29 is 13.2 Å². The molecular formula is C18H18BrN3O3S. The molecule has 26 heavy (non-hydrogen) atoms. The highest BCUT2D eigenvalue weighted by Crippen LogP contribution is 2.25. The normalized spacial score (nSPS) is 12.7. The number of nitrogens with zero attached hydrogens (tertiary/aromatic N) is 2. The van der Waals surface area contributed by atoms with Crippen LogP contribution in [0.2, 0.25) is 0 Å². The molecule has 1 aromatic heterocycles. The quantitative estimate of drug-likeness (QED) is 0.644. The van der Waals surface area contributed by atoms with Crippen LogP contribution in [-0.2, 0) is 17.1 Å². The molecule has 0 aliphatic carbocycles. The molecule has 1 atom stereocenters. The predicted molar refractivity (Wildman–Crippen MR) is 103 cm³/mol. The van der Waals surface area contributed by atoms with Gasteiger partial charge in [0.1, 0.15) is 17.6 Å². The zero-order valence-corrected chi connectivity index (χ0v) is 16.7. The minimum atomic E-state index is -3.74. The van der Waals surface area contributed by atoms with Crippen molar-refractivity contribution in [1.29, 1.82) is 0 Å². The molecule has 6 nitrogen and oxygen atoms in total. The van der Waals surface area contributed by atoms with Crippen LogP contribution in [0.4, 0.5) is 0 Å². The van der Waals surface area contributed by atoms with Gasteiger partial charge in [-0.05, 0) is 42.0 Å². The summed E-state index contributed by atoms with van der Waals surface area (Å²) in [5.41, 5.74) is 0.765. The SMILES string of the molecule is COc1ccc(C(NS(=O)(=O)c2ccc(Br)cc2)c2nccn2C)cc1. The Morgan fingerprint density at radius 2 is 1.77 bits per heavy atom. The lowest BCUT2D eigenvalue weighted by Gasteiger charge is -2.19. The number of hydrogen-bond donors (Lipinski definition) is 1. The average Bonchev–Trinajstić information content (AvgIpc) is 3.06. The summed E-state index contributed by atoms with van der Waals surface area (Å²) in [7, 11) is -0.327. The minimum absolute atomic E-state index is 0.188. The van der Waals surface area contributed by atoms with Crippen molar-refractivity contribution in [2.24, 2.45) is 7.05 Å². The highest BCUT2D eigenvalue weighted by atomic mass is 79.9. The Morgan fingerprint density at radius 1 is 1.12 bits per heavy atom. The number of nitrogens with one attached hydrogen (secondary N) is 1. The van der Waals surface area contributed by atoms with Crippen molar-refractivity contribution >= 4 is 26.0 Å². The summed E-state index contributed by atoms with van der Waals surface area (Å²) >= 11 is 3.31. The summed E-state index contributed by atoms with van der Waals surface area (Å²) in [6, 6.07) is 13.1. The second-order valence-corrected chi connectivity index (χ2v) is 8.31. The molecular weight excluding hydrogens is 418 g/mol. The lowest BCUT2D eigenvalue weighted by Crippen LogP contribution is -2.31. The van der Waals surface area contributed by atoms with Gasteiger partial charge >= 0.3 is 0 Å². The molecule has 8 heteroatoms. The molecule has 1 N–H and O–H groups in total. The fraction of sp³-hybridized carbons (Fsp3) is 0.167. The van der Waals surface area contributed by atoms with Crippen molar-refractivity contribution in [2.75, 3.05) is 7.11 Å². The number of sulfonamides is 1. The van der Waals surface area contributed by atoms with E-state index in [1.54, 1.807) is 60.5 Å². The molecule has 2 aromatic carbocycles. The van der Waals surface area contributed by atoms with E-state index in [0.717, 1.165) is 10.0 Å². The summed E-state index contributed by atoms with van der Waals surface area (Å²) in [5, 5.41) is 0. The molecule has 0 amide bonds. The van der Waals surface area contributed by atoms with Crippen LogP contribution in [0.1, 0.15) is 17.4 Å². The van der Waals surface area contributed by atoms with E-state index in [1.165, 1.54) is 0 Å². The summed E-state index contributed by atoms with van der Waals surface area (Å²) in [4.78, 5) is 4.51. The molecule has 3 rings (SSSR count). The van der Waals surface area contributed by atoms with Gasteiger partial charge in [0.05, 0.1) is 12.0 Å². The number of imidazole rings is 1. The molecule has 0 saturated heterocycles. The Morgan fingerprint density at radius 3 is 2.31 bits per heavy atom. The molecule has 3 aromatic rings. The summed E-state index contributed by atoms with van der Waals surface area (Å²) in [6.45, 7) is 0. The molecule has 1 unspecified atom stereocenters. The van der Waals surface area contributed by atoms with Crippen molar-refractivity contribution in [3.8, 4) is 5.75 Å². The van der Waals surface area contributed by atoms with E-state index in [1.807, 2.05) is 19.2 Å². The molecule has 1 heterocycles. The second kappa shape index (κ2) is 7.61. The molecule has 0 fully saturated rings. The summed E-state index contributed by atoms with van der Waals surface area (Å²) in [6.07, 6.45) is 3.42. The standard InChI is InChI=1S/C18H18BrN3O3S/c1-22-12-11-20-18(22)17(13-3-7-15(25-2)8-4-13)21-26(23,24)16-9-5-14(19)6-10-16/h3-12,17,21H,1-2H3. The molecule has 0 bridgehead atoms. The number of benzene rings is 2. The third kappa shape index (κ3) is 3.98. The van der Waals surface area contributed by atoms with Crippen molar-refractivity contribution in [1.82, 2.24) is 14.3 Å². The van der Waals surface area contributed by atoms with E-state index in [4.69, 9.17) is 4.74 Å². The molecule has 0 radical (unpaired) electrons. The first-order valence-corrected chi connectivity index (χ1v) is 10.1. The first kappa shape index (κ1) is 18.6. The van der Waals surface area contributed by atoms with Gasteiger partial charge in [0, 0.05) is 23.9 Å². The van der Waals surface area contributed by atoms with Gasteiger partial charge in [-0.3, -0.25) is 0 Å². The van der Waals surface area contributed by atoms with E-state index in [-0.39, 0.29) is 4.90 Å². The third-order valence-electron chi connectivity index (χ3n) is 3.96. The maximum atomic E-state index is 12.9.